The maximum absolute atomic E-state index is 12.9. The van der Waals surface area contributed by atoms with E-state index in [2.05, 4.69) is 5.10 Å². The van der Waals surface area contributed by atoms with Crippen LogP contribution in [0.4, 0.5) is 0 Å². The van der Waals surface area contributed by atoms with E-state index in [0.29, 0.717) is 24.5 Å². The molecule has 2 heterocycles. The number of benzene rings is 1. The van der Waals surface area contributed by atoms with Crippen LogP contribution in [0.25, 0.3) is 5.69 Å². The molecule has 1 unspecified atom stereocenters. The zero-order valence-electron chi connectivity index (χ0n) is 14.1. The first kappa shape index (κ1) is 16.5. The van der Waals surface area contributed by atoms with Gasteiger partial charge in [-0.3, -0.25) is 4.79 Å². The fourth-order valence-electron chi connectivity index (χ4n) is 2.91. The Morgan fingerprint density at radius 1 is 1.42 bits per heavy atom. The quantitative estimate of drug-likeness (QED) is 0.817. The number of para-hydroxylation sites is 1. The van der Waals surface area contributed by atoms with Crippen molar-refractivity contribution < 1.29 is 14.3 Å². The highest BCUT2D eigenvalue weighted by Gasteiger charge is 2.26. The number of ether oxygens (including phenoxy) is 2. The Kier molecular flexibility index (Phi) is 5.15. The molecule has 1 aliphatic heterocycles. The summed E-state index contributed by atoms with van der Waals surface area (Å²) in [5.74, 6) is 0.356. The SMILES string of the molecule is CCN(CC1CCCO1)C(=O)c1nn(-c2ccccc2)cc1OC. The molecule has 1 aromatic heterocycles. The zero-order valence-corrected chi connectivity index (χ0v) is 14.1. The molecule has 3 rings (SSSR count). The van der Waals surface area contributed by atoms with Gasteiger partial charge in [0, 0.05) is 19.7 Å². The van der Waals surface area contributed by atoms with Gasteiger partial charge in [0.15, 0.2) is 11.4 Å². The lowest BCUT2D eigenvalue weighted by molar-refractivity contribution is 0.0532. The highest BCUT2D eigenvalue weighted by Crippen LogP contribution is 2.22. The number of hydrogen-bond donors (Lipinski definition) is 0. The molecule has 24 heavy (non-hydrogen) atoms. The van der Waals surface area contributed by atoms with Gasteiger partial charge < -0.3 is 14.4 Å². The number of hydrogen-bond acceptors (Lipinski definition) is 4. The third kappa shape index (κ3) is 3.43. The van der Waals surface area contributed by atoms with Crippen molar-refractivity contribution in [1.29, 1.82) is 0 Å². The minimum atomic E-state index is -0.125. The summed E-state index contributed by atoms with van der Waals surface area (Å²) >= 11 is 0. The van der Waals surface area contributed by atoms with Crippen LogP contribution in [-0.2, 0) is 4.74 Å². The smallest absolute Gasteiger partial charge is 0.278 e. The van der Waals surface area contributed by atoms with Gasteiger partial charge >= 0.3 is 0 Å². The Balaban J connectivity index is 1.83. The Labute approximate surface area is 142 Å². The maximum atomic E-state index is 12.9. The molecule has 0 saturated carbocycles. The van der Waals surface area contributed by atoms with Crippen LogP contribution in [0, 0.1) is 0 Å². The molecule has 6 heteroatoms. The lowest BCUT2D eigenvalue weighted by Gasteiger charge is -2.23. The minimum absolute atomic E-state index is 0.121. The topological polar surface area (TPSA) is 56.6 Å². The molecule has 0 bridgehead atoms. The predicted octanol–water partition coefficient (Wildman–Crippen LogP) is 2.52. The van der Waals surface area contributed by atoms with Crippen LogP contribution in [0.2, 0.25) is 0 Å². The third-order valence-electron chi connectivity index (χ3n) is 4.24. The number of methoxy groups -OCH3 is 1. The second kappa shape index (κ2) is 7.49. The molecule has 0 radical (unpaired) electrons. The Morgan fingerprint density at radius 3 is 2.83 bits per heavy atom. The van der Waals surface area contributed by atoms with Gasteiger partial charge in [0.05, 0.1) is 25.1 Å². The van der Waals surface area contributed by atoms with Gasteiger partial charge in [0.2, 0.25) is 0 Å². The van der Waals surface area contributed by atoms with Crippen molar-refractivity contribution in [2.24, 2.45) is 0 Å². The summed E-state index contributed by atoms with van der Waals surface area (Å²) in [4.78, 5) is 14.7. The predicted molar refractivity (Wildman–Crippen MR) is 90.7 cm³/mol. The van der Waals surface area contributed by atoms with Crippen LogP contribution in [-0.4, -0.2) is 53.5 Å². The van der Waals surface area contributed by atoms with Crippen molar-refractivity contribution in [2.75, 3.05) is 26.8 Å². The van der Waals surface area contributed by atoms with Gasteiger partial charge in [0.25, 0.3) is 5.91 Å². The standard InChI is InChI=1S/C18H23N3O3/c1-3-20(12-15-10-7-11-24-15)18(22)17-16(23-2)13-21(19-17)14-8-5-4-6-9-14/h4-6,8-9,13,15H,3,7,10-12H2,1-2H3. The fraction of sp³-hybridized carbons (Fsp3) is 0.444. The number of carbonyl (C=O) groups excluding carboxylic acids is 1. The first-order valence-electron chi connectivity index (χ1n) is 8.33. The Bertz CT molecular complexity index is 678. The molecular weight excluding hydrogens is 306 g/mol. The van der Waals surface area contributed by atoms with Gasteiger partial charge in [-0.25, -0.2) is 4.68 Å². The summed E-state index contributed by atoms with van der Waals surface area (Å²) in [7, 11) is 1.56. The van der Waals surface area contributed by atoms with Crippen molar-refractivity contribution in [1.82, 2.24) is 14.7 Å². The second-order valence-electron chi connectivity index (χ2n) is 5.81. The van der Waals surface area contributed by atoms with Crippen molar-refractivity contribution in [3.8, 4) is 11.4 Å². The van der Waals surface area contributed by atoms with E-state index >= 15 is 0 Å². The molecule has 128 valence electrons. The lowest BCUT2D eigenvalue weighted by Crippen LogP contribution is -2.37. The molecule has 6 nitrogen and oxygen atoms in total. The van der Waals surface area contributed by atoms with E-state index in [1.165, 1.54) is 0 Å². The first-order valence-corrected chi connectivity index (χ1v) is 8.33. The van der Waals surface area contributed by atoms with Gasteiger partial charge in [-0.15, -0.1) is 0 Å². The zero-order chi connectivity index (χ0) is 16.9. The summed E-state index contributed by atoms with van der Waals surface area (Å²) in [6.45, 7) is 3.95. The van der Waals surface area contributed by atoms with E-state index in [-0.39, 0.29) is 12.0 Å². The van der Waals surface area contributed by atoms with Crippen LogP contribution >= 0.6 is 0 Å². The summed E-state index contributed by atoms with van der Waals surface area (Å²) < 4.78 is 12.7. The van der Waals surface area contributed by atoms with Crippen molar-refractivity contribution in [3.05, 3.63) is 42.2 Å². The van der Waals surface area contributed by atoms with Crippen LogP contribution in [0.15, 0.2) is 36.5 Å². The average molecular weight is 329 g/mol. The number of nitrogens with zero attached hydrogens (tertiary/aromatic N) is 3. The van der Waals surface area contributed by atoms with Crippen LogP contribution in [0.1, 0.15) is 30.3 Å². The monoisotopic (exact) mass is 329 g/mol. The first-order chi connectivity index (χ1) is 11.7. The highest BCUT2D eigenvalue weighted by atomic mass is 16.5. The molecule has 0 N–H and O–H groups in total. The van der Waals surface area contributed by atoms with Crippen LogP contribution < -0.4 is 4.74 Å². The van der Waals surface area contributed by atoms with E-state index in [0.717, 1.165) is 25.1 Å². The van der Waals surface area contributed by atoms with Crippen molar-refractivity contribution in [3.63, 3.8) is 0 Å². The molecule has 0 aliphatic carbocycles. The van der Waals surface area contributed by atoms with Gasteiger partial charge in [-0.1, -0.05) is 18.2 Å². The molecule has 1 aliphatic rings. The molecular formula is C18H23N3O3. The number of carbonyl (C=O) groups is 1. The summed E-state index contributed by atoms with van der Waals surface area (Å²) in [5.41, 5.74) is 1.22. The molecule has 1 atom stereocenters. The van der Waals surface area contributed by atoms with E-state index in [4.69, 9.17) is 9.47 Å². The third-order valence-corrected chi connectivity index (χ3v) is 4.24. The molecule has 1 aromatic carbocycles. The number of amides is 1. The highest BCUT2D eigenvalue weighted by molar-refractivity contribution is 5.95. The normalized spacial score (nSPS) is 17.0. The van der Waals surface area contributed by atoms with E-state index in [1.807, 2.05) is 37.3 Å². The fourth-order valence-corrected chi connectivity index (χ4v) is 2.91. The van der Waals surface area contributed by atoms with E-state index in [1.54, 1.807) is 22.9 Å². The minimum Gasteiger partial charge on any atom is -0.493 e. The van der Waals surface area contributed by atoms with Crippen molar-refractivity contribution >= 4 is 5.91 Å². The summed E-state index contributed by atoms with van der Waals surface area (Å²) in [5, 5.41) is 4.45. The van der Waals surface area contributed by atoms with Crippen LogP contribution in [0.3, 0.4) is 0 Å². The number of likely N-dealkylation sites (N-methyl/N-ethyl adjacent to an activating group) is 1. The lowest BCUT2D eigenvalue weighted by atomic mass is 10.2. The molecule has 1 saturated heterocycles. The Morgan fingerprint density at radius 2 is 2.21 bits per heavy atom. The molecule has 1 amide bonds. The van der Waals surface area contributed by atoms with E-state index < -0.39 is 0 Å². The van der Waals surface area contributed by atoms with Gasteiger partial charge in [0.1, 0.15) is 0 Å². The number of rotatable bonds is 6. The largest absolute Gasteiger partial charge is 0.493 e. The summed E-state index contributed by atoms with van der Waals surface area (Å²) in [6.07, 6.45) is 3.92. The molecule has 2 aromatic rings. The Hall–Kier alpha value is -2.34. The van der Waals surface area contributed by atoms with Gasteiger partial charge in [-0.2, -0.15) is 5.10 Å². The molecule has 0 spiro atoms. The summed E-state index contributed by atoms with van der Waals surface area (Å²) in [6, 6.07) is 9.67. The van der Waals surface area contributed by atoms with Crippen molar-refractivity contribution in [2.45, 2.75) is 25.9 Å². The second-order valence-corrected chi connectivity index (χ2v) is 5.81. The van der Waals surface area contributed by atoms with E-state index in [9.17, 15) is 4.79 Å². The average Bonchev–Trinajstić information content (AvgIpc) is 3.29. The van der Waals surface area contributed by atoms with Gasteiger partial charge in [-0.05, 0) is 31.9 Å². The number of aromatic nitrogens is 2. The van der Waals surface area contributed by atoms with Crippen LogP contribution in [0.5, 0.6) is 5.75 Å². The maximum Gasteiger partial charge on any atom is 0.278 e. The molecule has 1 fully saturated rings.